The summed E-state index contributed by atoms with van der Waals surface area (Å²) in [5, 5.41) is 0.617. The predicted octanol–water partition coefficient (Wildman–Crippen LogP) is 1.01. The van der Waals surface area contributed by atoms with Gasteiger partial charge in [0.15, 0.2) is 6.10 Å². The normalized spacial score (nSPS) is 25.9. The third-order valence-corrected chi connectivity index (χ3v) is 5.01. The van der Waals surface area contributed by atoms with E-state index < -0.39 is 12.1 Å². The molecular formula is C17H22ClN3O3. The Morgan fingerprint density at radius 3 is 2.38 bits per heavy atom. The molecule has 130 valence electrons. The number of morpholine rings is 1. The highest BCUT2D eigenvalue weighted by Gasteiger charge is 2.42. The van der Waals surface area contributed by atoms with E-state index in [2.05, 4.69) is 4.90 Å². The zero-order chi connectivity index (χ0) is 17.3. The maximum atomic E-state index is 13.0. The third kappa shape index (κ3) is 3.41. The molecule has 2 aliphatic heterocycles. The molecule has 0 saturated carbocycles. The Labute approximate surface area is 146 Å². The van der Waals surface area contributed by atoms with Crippen molar-refractivity contribution in [3.8, 4) is 0 Å². The van der Waals surface area contributed by atoms with E-state index >= 15 is 0 Å². The number of hydrogen-bond donors (Lipinski definition) is 0. The molecule has 2 fully saturated rings. The maximum absolute atomic E-state index is 13.0. The van der Waals surface area contributed by atoms with E-state index in [0.29, 0.717) is 18.1 Å². The van der Waals surface area contributed by atoms with E-state index in [1.165, 1.54) is 0 Å². The fourth-order valence-electron chi connectivity index (χ4n) is 3.18. The van der Waals surface area contributed by atoms with Crippen molar-refractivity contribution in [1.29, 1.82) is 0 Å². The van der Waals surface area contributed by atoms with Crippen LogP contribution in [0, 0.1) is 0 Å². The van der Waals surface area contributed by atoms with Gasteiger partial charge in [-0.05, 0) is 24.7 Å². The number of benzene rings is 1. The second-order valence-corrected chi connectivity index (χ2v) is 6.80. The van der Waals surface area contributed by atoms with Crippen molar-refractivity contribution in [2.24, 2.45) is 0 Å². The number of hydrogen-bond acceptors (Lipinski definition) is 4. The van der Waals surface area contributed by atoms with E-state index in [1.54, 1.807) is 24.1 Å². The molecule has 1 aromatic carbocycles. The van der Waals surface area contributed by atoms with E-state index in [0.717, 1.165) is 18.7 Å². The van der Waals surface area contributed by atoms with Crippen LogP contribution in [0.3, 0.4) is 0 Å². The highest BCUT2D eigenvalue weighted by Crippen LogP contribution is 2.31. The lowest BCUT2D eigenvalue weighted by molar-refractivity contribution is -0.168. The lowest BCUT2D eigenvalue weighted by Crippen LogP contribution is -2.56. The first-order valence-corrected chi connectivity index (χ1v) is 8.45. The molecule has 3 rings (SSSR count). The van der Waals surface area contributed by atoms with E-state index in [4.69, 9.17) is 16.3 Å². The molecule has 2 aliphatic rings. The Balaban J connectivity index is 1.84. The predicted molar refractivity (Wildman–Crippen MR) is 90.8 cm³/mol. The molecule has 2 amide bonds. The summed E-state index contributed by atoms with van der Waals surface area (Å²) >= 11 is 5.96. The number of likely N-dealkylation sites (N-methyl/N-ethyl adjacent to an activating group) is 2. The van der Waals surface area contributed by atoms with Crippen molar-refractivity contribution in [3.05, 3.63) is 34.9 Å². The Morgan fingerprint density at radius 1 is 1.12 bits per heavy atom. The van der Waals surface area contributed by atoms with Crippen LogP contribution in [0.4, 0.5) is 0 Å². The van der Waals surface area contributed by atoms with Gasteiger partial charge in [0.2, 0.25) is 5.91 Å². The number of piperazine rings is 1. The fourth-order valence-corrected chi connectivity index (χ4v) is 3.31. The van der Waals surface area contributed by atoms with Crippen molar-refractivity contribution in [1.82, 2.24) is 14.7 Å². The van der Waals surface area contributed by atoms with Crippen molar-refractivity contribution < 1.29 is 14.3 Å². The van der Waals surface area contributed by atoms with Gasteiger partial charge in [-0.1, -0.05) is 23.7 Å². The number of amides is 2. The summed E-state index contributed by atoms with van der Waals surface area (Å²) in [5.41, 5.74) is 0.849. The zero-order valence-corrected chi connectivity index (χ0v) is 14.7. The number of nitrogens with zero attached hydrogens (tertiary/aromatic N) is 3. The highest BCUT2D eigenvalue weighted by molar-refractivity contribution is 6.30. The van der Waals surface area contributed by atoms with E-state index in [9.17, 15) is 9.59 Å². The molecule has 1 aromatic rings. The lowest BCUT2D eigenvalue weighted by Gasteiger charge is -2.41. The van der Waals surface area contributed by atoms with Gasteiger partial charge in [-0.3, -0.25) is 9.59 Å². The van der Waals surface area contributed by atoms with Crippen molar-refractivity contribution in [2.75, 3.05) is 46.9 Å². The highest BCUT2D eigenvalue weighted by atomic mass is 35.5. The number of ether oxygens (including phenoxy) is 1. The van der Waals surface area contributed by atoms with Crippen LogP contribution in [-0.2, 0) is 14.3 Å². The molecule has 2 heterocycles. The van der Waals surface area contributed by atoms with Crippen LogP contribution < -0.4 is 0 Å². The molecule has 0 aliphatic carbocycles. The van der Waals surface area contributed by atoms with Gasteiger partial charge in [0.25, 0.3) is 5.91 Å². The monoisotopic (exact) mass is 351 g/mol. The average Bonchev–Trinajstić information content (AvgIpc) is 2.58. The molecule has 0 aromatic heterocycles. The summed E-state index contributed by atoms with van der Waals surface area (Å²) in [6, 6.07) is 6.78. The van der Waals surface area contributed by atoms with Gasteiger partial charge in [0.05, 0.1) is 6.04 Å². The fraction of sp³-hybridized carbons (Fsp3) is 0.529. The molecule has 2 unspecified atom stereocenters. The minimum atomic E-state index is -0.683. The van der Waals surface area contributed by atoms with Crippen LogP contribution in [0.25, 0.3) is 0 Å². The Bertz CT molecular complexity index is 614. The van der Waals surface area contributed by atoms with Gasteiger partial charge in [0, 0.05) is 38.2 Å². The Hall–Kier alpha value is -1.63. The number of halogens is 1. The Morgan fingerprint density at radius 2 is 1.75 bits per heavy atom. The van der Waals surface area contributed by atoms with E-state index in [-0.39, 0.29) is 18.4 Å². The molecule has 0 bridgehead atoms. The van der Waals surface area contributed by atoms with E-state index in [1.807, 2.05) is 24.1 Å². The second-order valence-electron chi connectivity index (χ2n) is 6.36. The topological polar surface area (TPSA) is 53.1 Å². The van der Waals surface area contributed by atoms with Crippen LogP contribution in [0.1, 0.15) is 11.6 Å². The summed E-state index contributed by atoms with van der Waals surface area (Å²) < 4.78 is 5.67. The van der Waals surface area contributed by atoms with Crippen LogP contribution >= 0.6 is 11.6 Å². The smallest absolute Gasteiger partial charge is 0.254 e. The molecule has 2 saturated heterocycles. The zero-order valence-electron chi connectivity index (χ0n) is 13.9. The SMILES string of the molecule is CN1CCN(C(=O)C2OCC(=O)N(C)C2c2ccc(Cl)cc2)CC1. The molecule has 2 atom stereocenters. The van der Waals surface area contributed by atoms with Crippen LogP contribution in [0.5, 0.6) is 0 Å². The molecule has 0 N–H and O–H groups in total. The Kier molecular flexibility index (Phi) is 5.08. The first-order valence-electron chi connectivity index (χ1n) is 8.07. The second kappa shape index (κ2) is 7.09. The van der Waals surface area contributed by atoms with Gasteiger partial charge in [-0.25, -0.2) is 0 Å². The van der Waals surface area contributed by atoms with Gasteiger partial charge in [-0.2, -0.15) is 0 Å². The van der Waals surface area contributed by atoms with Crippen molar-refractivity contribution in [2.45, 2.75) is 12.1 Å². The van der Waals surface area contributed by atoms with Crippen molar-refractivity contribution in [3.63, 3.8) is 0 Å². The standard InChI is InChI=1S/C17H22ClN3O3/c1-19-7-9-21(10-8-19)17(23)16-15(20(2)14(22)11-24-16)12-3-5-13(18)6-4-12/h3-6,15-16H,7-11H2,1-2H3. The molecule has 7 heteroatoms. The summed E-state index contributed by atoms with van der Waals surface area (Å²) in [6.45, 7) is 2.99. The third-order valence-electron chi connectivity index (χ3n) is 4.75. The lowest BCUT2D eigenvalue weighted by atomic mass is 9.97. The van der Waals surface area contributed by atoms with Gasteiger partial charge < -0.3 is 19.4 Å². The number of rotatable bonds is 2. The first kappa shape index (κ1) is 17.2. The summed E-state index contributed by atoms with van der Waals surface area (Å²) in [5.74, 6) is -0.181. The molecule has 6 nitrogen and oxygen atoms in total. The molecule has 24 heavy (non-hydrogen) atoms. The molecule has 0 radical (unpaired) electrons. The first-order chi connectivity index (χ1) is 11.5. The number of carbonyl (C=O) groups excluding carboxylic acids is 2. The summed E-state index contributed by atoms with van der Waals surface area (Å²) in [7, 11) is 3.76. The van der Waals surface area contributed by atoms with Gasteiger partial charge in [-0.15, -0.1) is 0 Å². The van der Waals surface area contributed by atoms with Crippen molar-refractivity contribution >= 4 is 23.4 Å². The minimum absolute atomic E-state index is 0.0533. The van der Waals surface area contributed by atoms with Crippen LogP contribution in [0.2, 0.25) is 5.02 Å². The average molecular weight is 352 g/mol. The maximum Gasteiger partial charge on any atom is 0.254 e. The number of carbonyl (C=O) groups is 2. The minimum Gasteiger partial charge on any atom is -0.356 e. The van der Waals surface area contributed by atoms with Gasteiger partial charge >= 0.3 is 0 Å². The van der Waals surface area contributed by atoms with Crippen LogP contribution in [0.15, 0.2) is 24.3 Å². The quantitative estimate of drug-likeness (QED) is 0.798. The van der Waals surface area contributed by atoms with Gasteiger partial charge in [0.1, 0.15) is 6.61 Å². The van der Waals surface area contributed by atoms with Crippen LogP contribution in [-0.4, -0.2) is 79.5 Å². The molecular weight excluding hydrogens is 330 g/mol. The summed E-state index contributed by atoms with van der Waals surface area (Å²) in [4.78, 5) is 30.7. The largest absolute Gasteiger partial charge is 0.356 e. The molecule has 0 spiro atoms. The summed E-state index contributed by atoms with van der Waals surface area (Å²) in [6.07, 6.45) is -0.683.